The minimum Gasteiger partial charge on any atom is -0.477 e. The van der Waals surface area contributed by atoms with Gasteiger partial charge in [-0.05, 0) is 12.1 Å². The van der Waals surface area contributed by atoms with Crippen molar-refractivity contribution in [3.05, 3.63) is 24.5 Å². The number of rotatable bonds is 5. The molecule has 0 amide bonds. The van der Waals surface area contributed by atoms with Crippen LogP contribution >= 0.6 is 12.2 Å². The maximum atomic E-state index is 10.9. The normalized spacial score (nSPS) is 15.0. The van der Waals surface area contributed by atoms with E-state index >= 15 is 0 Å². The van der Waals surface area contributed by atoms with Crippen LogP contribution in [-0.2, 0) is 4.79 Å². The lowest BCUT2D eigenvalue weighted by Crippen LogP contribution is -2.28. The summed E-state index contributed by atoms with van der Waals surface area (Å²) < 4.78 is 0. The van der Waals surface area contributed by atoms with Gasteiger partial charge in [0.15, 0.2) is 0 Å². The molecule has 1 rings (SSSR count). The van der Waals surface area contributed by atoms with E-state index in [1.807, 2.05) is 6.92 Å². The molecule has 2 atom stereocenters. The van der Waals surface area contributed by atoms with Crippen molar-refractivity contribution in [3.63, 3.8) is 0 Å². The molecule has 0 saturated heterocycles. The van der Waals surface area contributed by atoms with Gasteiger partial charge in [-0.25, -0.2) is 14.8 Å². The first-order valence-corrected chi connectivity index (χ1v) is 6.38. The first-order valence-electron chi connectivity index (χ1n) is 5.97. The number of nitrogens with two attached hydrogens (primary N) is 1. The van der Waals surface area contributed by atoms with Gasteiger partial charge in [-0.3, -0.25) is 4.98 Å². The van der Waals surface area contributed by atoms with Crippen molar-refractivity contribution >= 4 is 40.9 Å². The second-order valence-electron chi connectivity index (χ2n) is 4.21. The SMILES string of the molecule is CC(C(=S)C(=O)O)C(C)C(N=CN)=Nc1cccnc1. The van der Waals surface area contributed by atoms with E-state index in [0.717, 1.165) is 6.34 Å². The molecule has 0 radical (unpaired) electrons. The third-order valence-corrected chi connectivity index (χ3v) is 3.42. The van der Waals surface area contributed by atoms with Crippen LogP contribution in [0.4, 0.5) is 5.69 Å². The fourth-order valence-electron chi connectivity index (χ4n) is 1.52. The largest absolute Gasteiger partial charge is 0.477 e. The van der Waals surface area contributed by atoms with Crippen LogP contribution in [0, 0.1) is 11.8 Å². The number of nitrogens with zero attached hydrogens (tertiary/aromatic N) is 3. The molecule has 1 aromatic rings. The molecule has 0 fully saturated rings. The van der Waals surface area contributed by atoms with Crippen LogP contribution in [0.25, 0.3) is 0 Å². The topological polar surface area (TPSA) is 101 Å². The van der Waals surface area contributed by atoms with Gasteiger partial charge >= 0.3 is 5.97 Å². The third-order valence-electron chi connectivity index (χ3n) is 2.88. The number of hydrogen-bond acceptors (Lipinski definition) is 4. The average Bonchev–Trinajstić information content (AvgIpc) is 2.45. The molecule has 1 aromatic heterocycles. The Morgan fingerprint density at radius 2 is 2.20 bits per heavy atom. The first kappa shape index (κ1) is 15.9. The molecular weight excluding hydrogens is 276 g/mol. The van der Waals surface area contributed by atoms with Crippen molar-refractivity contribution in [3.8, 4) is 0 Å². The molecule has 0 spiro atoms. The summed E-state index contributed by atoms with van der Waals surface area (Å²) in [5.41, 5.74) is 5.94. The monoisotopic (exact) mass is 292 g/mol. The Kier molecular flexibility index (Phi) is 5.92. The van der Waals surface area contributed by atoms with Gasteiger partial charge in [-0.2, -0.15) is 0 Å². The van der Waals surface area contributed by atoms with E-state index in [0.29, 0.717) is 11.5 Å². The van der Waals surface area contributed by atoms with Gasteiger partial charge in [-0.15, -0.1) is 0 Å². The molecular formula is C13H16N4O2S. The lowest BCUT2D eigenvalue weighted by atomic mass is 9.91. The summed E-state index contributed by atoms with van der Waals surface area (Å²) >= 11 is 4.89. The summed E-state index contributed by atoms with van der Waals surface area (Å²) in [4.78, 5) is 23.2. The molecule has 6 nitrogen and oxygen atoms in total. The highest BCUT2D eigenvalue weighted by Crippen LogP contribution is 2.19. The van der Waals surface area contributed by atoms with Gasteiger partial charge in [0.1, 0.15) is 10.7 Å². The van der Waals surface area contributed by atoms with Crippen LogP contribution in [0.5, 0.6) is 0 Å². The first-order chi connectivity index (χ1) is 9.47. The lowest BCUT2D eigenvalue weighted by molar-refractivity contribution is -0.129. The van der Waals surface area contributed by atoms with E-state index in [1.165, 1.54) is 0 Å². The Balaban J connectivity index is 3.05. The van der Waals surface area contributed by atoms with E-state index in [9.17, 15) is 4.79 Å². The number of carboxylic acid groups (broad SMARTS) is 1. The van der Waals surface area contributed by atoms with Crippen LogP contribution in [-0.4, -0.2) is 33.1 Å². The molecule has 0 bridgehead atoms. The summed E-state index contributed by atoms with van der Waals surface area (Å²) in [6.45, 7) is 3.54. The summed E-state index contributed by atoms with van der Waals surface area (Å²) in [6.07, 6.45) is 4.34. The van der Waals surface area contributed by atoms with E-state index in [-0.39, 0.29) is 16.7 Å². The fourth-order valence-corrected chi connectivity index (χ4v) is 1.73. The predicted octanol–water partition coefficient (Wildman–Crippen LogP) is 1.83. The number of aliphatic imine (C=N–C) groups is 2. The second-order valence-corrected chi connectivity index (χ2v) is 4.65. The molecule has 0 aliphatic rings. The molecule has 0 aliphatic carbocycles. The van der Waals surface area contributed by atoms with Gasteiger partial charge < -0.3 is 10.8 Å². The van der Waals surface area contributed by atoms with Crippen molar-refractivity contribution in [1.29, 1.82) is 0 Å². The Morgan fingerprint density at radius 1 is 1.50 bits per heavy atom. The number of aliphatic carboxylic acids is 1. The smallest absolute Gasteiger partial charge is 0.342 e. The Bertz CT molecular complexity index is 543. The highest BCUT2D eigenvalue weighted by Gasteiger charge is 2.25. The van der Waals surface area contributed by atoms with Gasteiger partial charge in [0, 0.05) is 18.0 Å². The van der Waals surface area contributed by atoms with E-state index in [2.05, 4.69) is 15.0 Å². The van der Waals surface area contributed by atoms with Crippen LogP contribution < -0.4 is 5.73 Å². The van der Waals surface area contributed by atoms with Gasteiger partial charge in [-0.1, -0.05) is 26.1 Å². The van der Waals surface area contributed by atoms with Crippen LogP contribution in [0.2, 0.25) is 0 Å². The second kappa shape index (κ2) is 7.44. The number of carboxylic acids is 1. The van der Waals surface area contributed by atoms with Gasteiger partial charge in [0.2, 0.25) is 0 Å². The minimum absolute atomic E-state index is 0.0522. The number of amidine groups is 1. The quantitative estimate of drug-likeness (QED) is 0.490. The Hall–Kier alpha value is -2.15. The molecule has 1 heterocycles. The maximum absolute atomic E-state index is 10.9. The highest BCUT2D eigenvalue weighted by molar-refractivity contribution is 7.82. The summed E-state index contributed by atoms with van der Waals surface area (Å²) in [7, 11) is 0. The third kappa shape index (κ3) is 4.20. The van der Waals surface area contributed by atoms with Crippen molar-refractivity contribution in [2.45, 2.75) is 13.8 Å². The average molecular weight is 292 g/mol. The molecule has 0 aromatic carbocycles. The maximum Gasteiger partial charge on any atom is 0.342 e. The van der Waals surface area contributed by atoms with E-state index < -0.39 is 5.97 Å². The number of aromatic nitrogens is 1. The lowest BCUT2D eigenvalue weighted by Gasteiger charge is -2.18. The number of pyridine rings is 1. The van der Waals surface area contributed by atoms with E-state index in [4.69, 9.17) is 23.1 Å². The zero-order chi connectivity index (χ0) is 15.1. The summed E-state index contributed by atoms with van der Waals surface area (Å²) in [5, 5.41) is 8.95. The van der Waals surface area contributed by atoms with Crippen LogP contribution in [0.15, 0.2) is 34.5 Å². The Morgan fingerprint density at radius 3 is 2.70 bits per heavy atom. The number of hydrogen-bond donors (Lipinski definition) is 2. The zero-order valence-electron chi connectivity index (χ0n) is 11.2. The zero-order valence-corrected chi connectivity index (χ0v) is 12.0. The molecule has 3 N–H and O–H groups in total. The van der Waals surface area contributed by atoms with Crippen LogP contribution in [0.3, 0.4) is 0 Å². The molecule has 0 aliphatic heterocycles. The van der Waals surface area contributed by atoms with Gasteiger partial charge in [0.25, 0.3) is 0 Å². The fraction of sp³-hybridized carbons (Fsp3) is 0.308. The predicted molar refractivity (Wildman–Crippen MR) is 82.6 cm³/mol. The molecule has 2 unspecified atom stereocenters. The summed E-state index contributed by atoms with van der Waals surface area (Å²) in [5.74, 6) is -1.35. The van der Waals surface area contributed by atoms with Crippen molar-refractivity contribution < 1.29 is 9.90 Å². The summed E-state index contributed by atoms with van der Waals surface area (Å²) in [6, 6.07) is 3.52. The molecule has 7 heteroatoms. The number of thiocarbonyl (C=S) groups is 1. The van der Waals surface area contributed by atoms with Crippen molar-refractivity contribution in [1.82, 2.24) is 4.98 Å². The molecule has 106 valence electrons. The van der Waals surface area contributed by atoms with Crippen molar-refractivity contribution in [2.24, 2.45) is 27.6 Å². The van der Waals surface area contributed by atoms with E-state index in [1.54, 1.807) is 31.5 Å². The minimum atomic E-state index is -1.10. The Labute approximate surface area is 122 Å². The standard InChI is InChI=1S/C13H16N4O2S/c1-8(11(20)13(18)19)9(2)12(16-7-14)17-10-4-3-5-15-6-10/h3-9H,1-2H3,(H,18,19)(H2,14,16,17). The highest BCUT2D eigenvalue weighted by atomic mass is 32.1. The van der Waals surface area contributed by atoms with Crippen LogP contribution in [0.1, 0.15) is 13.8 Å². The number of carbonyl (C=O) groups is 1. The molecule has 20 heavy (non-hydrogen) atoms. The van der Waals surface area contributed by atoms with Crippen molar-refractivity contribution in [2.75, 3.05) is 0 Å². The molecule has 0 saturated carbocycles. The van der Waals surface area contributed by atoms with Gasteiger partial charge in [0.05, 0.1) is 18.2 Å².